The molecule has 2 rings (SSSR count). The molecular weight excluding hydrogens is 266 g/mol. The van der Waals surface area contributed by atoms with Gasteiger partial charge < -0.3 is 10.6 Å². The van der Waals surface area contributed by atoms with E-state index >= 15 is 0 Å². The summed E-state index contributed by atoms with van der Waals surface area (Å²) in [7, 11) is 0. The van der Waals surface area contributed by atoms with Crippen molar-refractivity contribution in [3.63, 3.8) is 0 Å². The Morgan fingerprint density at radius 1 is 1.24 bits per heavy atom. The van der Waals surface area contributed by atoms with E-state index in [9.17, 15) is 9.59 Å². The zero-order chi connectivity index (χ0) is 15.6. The second-order valence-electron chi connectivity index (χ2n) is 5.53. The van der Waals surface area contributed by atoms with Crippen LogP contribution >= 0.6 is 0 Å². The van der Waals surface area contributed by atoms with Gasteiger partial charge in [-0.15, -0.1) is 0 Å². The highest BCUT2D eigenvalue weighted by Gasteiger charge is 2.36. The molecule has 5 nitrogen and oxygen atoms in total. The molecule has 1 heterocycles. The van der Waals surface area contributed by atoms with E-state index in [0.717, 1.165) is 16.8 Å². The molecule has 0 bridgehead atoms. The van der Waals surface area contributed by atoms with Crippen molar-refractivity contribution in [1.29, 1.82) is 0 Å². The Bertz CT molecular complexity index is 578. The van der Waals surface area contributed by atoms with Crippen LogP contribution < -0.4 is 10.6 Å². The minimum absolute atomic E-state index is 0.0333. The summed E-state index contributed by atoms with van der Waals surface area (Å²) in [6.45, 7) is 7.51. The van der Waals surface area contributed by atoms with E-state index in [1.54, 1.807) is 0 Å². The van der Waals surface area contributed by atoms with Crippen molar-refractivity contribution < 1.29 is 9.59 Å². The molecule has 1 aromatic rings. The number of nitrogens with one attached hydrogen (secondary N) is 2. The molecule has 1 aliphatic rings. The molecule has 21 heavy (non-hydrogen) atoms. The molecule has 1 aromatic carbocycles. The third kappa shape index (κ3) is 3.07. The smallest absolute Gasteiger partial charge is 0.330 e. The minimum atomic E-state index is -0.398. The molecule has 0 saturated carbocycles. The summed E-state index contributed by atoms with van der Waals surface area (Å²) in [6, 6.07) is 8.38. The number of carbonyl (C=O) groups excluding carboxylic acids is 2. The predicted molar refractivity (Wildman–Crippen MR) is 81.6 cm³/mol. The van der Waals surface area contributed by atoms with Crippen molar-refractivity contribution in [2.45, 2.75) is 39.8 Å². The maximum Gasteiger partial charge on any atom is 0.330 e. The molecule has 0 spiro atoms. The maximum absolute atomic E-state index is 12.4. The summed E-state index contributed by atoms with van der Waals surface area (Å²) in [5, 5.41) is 5.52. The molecule has 2 N–H and O–H groups in total. The number of amides is 4. The van der Waals surface area contributed by atoms with E-state index in [0.29, 0.717) is 0 Å². The Kier molecular flexibility index (Phi) is 4.31. The van der Waals surface area contributed by atoms with Crippen LogP contribution in [0.25, 0.3) is 0 Å². The van der Waals surface area contributed by atoms with E-state index in [1.165, 1.54) is 4.90 Å². The SMILES string of the molecule is CC1=C(C)[C@H](c2ccccc2)N(C(=O)NC(C)C)C(=O)N1. The summed E-state index contributed by atoms with van der Waals surface area (Å²) in [4.78, 5) is 25.9. The zero-order valence-electron chi connectivity index (χ0n) is 12.8. The highest BCUT2D eigenvalue weighted by atomic mass is 16.2. The summed E-state index contributed by atoms with van der Waals surface area (Å²) >= 11 is 0. The molecule has 5 heteroatoms. The molecule has 4 amide bonds. The average Bonchev–Trinajstić information content (AvgIpc) is 2.42. The third-order valence-corrected chi connectivity index (χ3v) is 3.52. The molecule has 112 valence electrons. The number of allylic oxidation sites excluding steroid dienone is 1. The van der Waals surface area contributed by atoms with Gasteiger partial charge >= 0.3 is 12.1 Å². The van der Waals surface area contributed by atoms with E-state index in [-0.39, 0.29) is 18.1 Å². The van der Waals surface area contributed by atoms with Gasteiger partial charge in [0, 0.05) is 11.7 Å². The van der Waals surface area contributed by atoms with Crippen LogP contribution in [0.15, 0.2) is 41.6 Å². The van der Waals surface area contributed by atoms with Gasteiger partial charge in [0.1, 0.15) is 0 Å². The first-order chi connectivity index (χ1) is 9.91. The van der Waals surface area contributed by atoms with E-state index in [2.05, 4.69) is 10.6 Å². The van der Waals surface area contributed by atoms with Crippen LogP contribution in [-0.2, 0) is 0 Å². The highest BCUT2D eigenvalue weighted by molar-refractivity contribution is 5.96. The number of hydrogen-bond acceptors (Lipinski definition) is 2. The molecule has 1 atom stereocenters. The van der Waals surface area contributed by atoms with Crippen molar-refractivity contribution in [2.24, 2.45) is 0 Å². The van der Waals surface area contributed by atoms with Crippen molar-refractivity contribution in [3.05, 3.63) is 47.2 Å². The lowest BCUT2D eigenvalue weighted by molar-refractivity contribution is 0.170. The predicted octanol–water partition coefficient (Wildman–Crippen LogP) is 3.16. The van der Waals surface area contributed by atoms with Gasteiger partial charge in [-0.1, -0.05) is 30.3 Å². The molecule has 0 radical (unpaired) electrons. The van der Waals surface area contributed by atoms with Crippen molar-refractivity contribution in [2.75, 3.05) is 0 Å². The Labute approximate surface area is 125 Å². The number of urea groups is 2. The lowest BCUT2D eigenvalue weighted by Crippen LogP contribution is -2.54. The van der Waals surface area contributed by atoms with Crippen molar-refractivity contribution in [3.8, 4) is 0 Å². The van der Waals surface area contributed by atoms with Crippen LogP contribution in [0, 0.1) is 0 Å². The van der Waals surface area contributed by atoms with Gasteiger partial charge in [0.2, 0.25) is 0 Å². The number of rotatable bonds is 2. The molecule has 0 unspecified atom stereocenters. The summed E-state index contributed by atoms with van der Waals surface area (Å²) in [5.41, 5.74) is 2.67. The van der Waals surface area contributed by atoms with Gasteiger partial charge in [-0.3, -0.25) is 0 Å². The quantitative estimate of drug-likeness (QED) is 0.877. The van der Waals surface area contributed by atoms with Crippen LogP contribution in [0.4, 0.5) is 9.59 Å². The number of carbonyl (C=O) groups is 2. The largest absolute Gasteiger partial charge is 0.335 e. The number of benzene rings is 1. The molecule has 0 saturated heterocycles. The Morgan fingerprint density at radius 2 is 1.86 bits per heavy atom. The first-order valence-corrected chi connectivity index (χ1v) is 7.05. The van der Waals surface area contributed by atoms with Gasteiger partial charge in [-0.2, -0.15) is 0 Å². The van der Waals surface area contributed by atoms with E-state index in [1.807, 2.05) is 58.0 Å². The molecule has 1 aliphatic heterocycles. The standard InChI is InChI=1S/C16H21N3O2/c1-10(2)17-15(20)19-14(13-8-6-5-7-9-13)11(3)12(4)18-16(19)21/h5-10,14H,1-4H3,(H,17,20)(H,18,21)/t14-/m1/s1. The van der Waals surface area contributed by atoms with Gasteiger partial charge in [0.15, 0.2) is 0 Å². The summed E-state index contributed by atoms with van der Waals surface area (Å²) in [6.07, 6.45) is 0. The Balaban J connectivity index is 2.45. The highest BCUT2D eigenvalue weighted by Crippen LogP contribution is 2.32. The number of imide groups is 1. The van der Waals surface area contributed by atoms with Crippen LogP contribution in [-0.4, -0.2) is 23.0 Å². The van der Waals surface area contributed by atoms with Crippen LogP contribution in [0.3, 0.4) is 0 Å². The Morgan fingerprint density at radius 3 is 2.43 bits per heavy atom. The lowest BCUT2D eigenvalue weighted by atomic mass is 9.95. The molecule has 0 fully saturated rings. The third-order valence-electron chi connectivity index (χ3n) is 3.52. The topological polar surface area (TPSA) is 61.4 Å². The zero-order valence-corrected chi connectivity index (χ0v) is 12.8. The second-order valence-corrected chi connectivity index (χ2v) is 5.53. The first kappa shape index (κ1) is 15.1. The normalized spacial score (nSPS) is 18.8. The summed E-state index contributed by atoms with van der Waals surface area (Å²) < 4.78 is 0. The fourth-order valence-corrected chi connectivity index (χ4v) is 2.40. The molecule has 0 aliphatic carbocycles. The van der Waals surface area contributed by atoms with Crippen LogP contribution in [0.1, 0.15) is 39.3 Å². The fraction of sp³-hybridized carbons (Fsp3) is 0.375. The first-order valence-electron chi connectivity index (χ1n) is 7.05. The van der Waals surface area contributed by atoms with Gasteiger partial charge in [0.05, 0.1) is 6.04 Å². The van der Waals surface area contributed by atoms with Crippen molar-refractivity contribution >= 4 is 12.1 Å². The fourth-order valence-electron chi connectivity index (χ4n) is 2.40. The van der Waals surface area contributed by atoms with Crippen molar-refractivity contribution in [1.82, 2.24) is 15.5 Å². The van der Waals surface area contributed by atoms with E-state index < -0.39 is 6.03 Å². The molecular formula is C16H21N3O2. The lowest BCUT2D eigenvalue weighted by Gasteiger charge is -2.36. The number of nitrogens with zero attached hydrogens (tertiary/aromatic N) is 1. The minimum Gasteiger partial charge on any atom is -0.335 e. The van der Waals surface area contributed by atoms with Gasteiger partial charge in [0.25, 0.3) is 0 Å². The van der Waals surface area contributed by atoms with E-state index in [4.69, 9.17) is 0 Å². The monoisotopic (exact) mass is 287 g/mol. The van der Waals surface area contributed by atoms with Gasteiger partial charge in [-0.05, 0) is 38.8 Å². The number of hydrogen-bond donors (Lipinski definition) is 2. The average molecular weight is 287 g/mol. The molecule has 0 aromatic heterocycles. The van der Waals surface area contributed by atoms with Gasteiger partial charge in [-0.25, -0.2) is 14.5 Å². The summed E-state index contributed by atoms with van der Waals surface area (Å²) in [5.74, 6) is 0. The van der Waals surface area contributed by atoms with Crippen LogP contribution in [0.5, 0.6) is 0 Å². The second kappa shape index (κ2) is 5.99. The maximum atomic E-state index is 12.4. The van der Waals surface area contributed by atoms with Crippen LogP contribution in [0.2, 0.25) is 0 Å². The Hall–Kier alpha value is -2.30.